The topological polar surface area (TPSA) is 44.1 Å². The molecule has 0 aromatic carbocycles. The fourth-order valence-electron chi connectivity index (χ4n) is 1.36. The van der Waals surface area contributed by atoms with E-state index in [1.54, 1.807) is 17.8 Å². The summed E-state index contributed by atoms with van der Waals surface area (Å²) in [6, 6.07) is 0.384. The quantitative estimate of drug-likeness (QED) is 0.724. The van der Waals surface area contributed by atoms with Crippen LogP contribution < -0.4 is 0 Å². The van der Waals surface area contributed by atoms with Crippen LogP contribution in [-0.2, 0) is 4.74 Å². The molecule has 0 radical (unpaired) electrons. The van der Waals surface area contributed by atoms with Crippen LogP contribution in [0.3, 0.4) is 0 Å². The lowest BCUT2D eigenvalue weighted by molar-refractivity contribution is 0.0514. The maximum atomic E-state index is 11.5. The van der Waals surface area contributed by atoms with E-state index in [1.807, 2.05) is 0 Å². The summed E-state index contributed by atoms with van der Waals surface area (Å²) < 4.78 is 6.71. The molecule has 5 heteroatoms. The van der Waals surface area contributed by atoms with Crippen molar-refractivity contribution in [1.82, 2.24) is 9.55 Å². The lowest BCUT2D eigenvalue weighted by Crippen LogP contribution is -2.11. The van der Waals surface area contributed by atoms with Crippen molar-refractivity contribution in [3.05, 3.63) is 17.2 Å². The normalized spacial score (nSPS) is 15.6. The van der Waals surface area contributed by atoms with E-state index in [0.29, 0.717) is 18.3 Å². The van der Waals surface area contributed by atoms with Gasteiger partial charge in [0.25, 0.3) is 0 Å². The highest BCUT2D eigenvalue weighted by molar-refractivity contribution is 6.32. The van der Waals surface area contributed by atoms with Gasteiger partial charge in [-0.1, -0.05) is 11.6 Å². The van der Waals surface area contributed by atoms with E-state index >= 15 is 0 Å². The minimum atomic E-state index is -0.387. The Balaban J connectivity index is 2.29. The van der Waals surface area contributed by atoms with Crippen molar-refractivity contribution in [3.8, 4) is 0 Å². The Morgan fingerprint density at radius 2 is 2.50 bits per heavy atom. The fraction of sp³-hybridized carbons (Fsp3) is 0.556. The van der Waals surface area contributed by atoms with Crippen molar-refractivity contribution < 1.29 is 9.53 Å². The maximum absolute atomic E-state index is 11.5. The number of imidazole rings is 1. The second-order valence-corrected chi connectivity index (χ2v) is 3.60. The van der Waals surface area contributed by atoms with E-state index in [4.69, 9.17) is 16.3 Å². The molecule has 2 rings (SSSR count). The zero-order chi connectivity index (χ0) is 10.1. The summed E-state index contributed by atoms with van der Waals surface area (Å²) in [7, 11) is 0. The maximum Gasteiger partial charge on any atom is 0.358 e. The summed E-state index contributed by atoms with van der Waals surface area (Å²) in [5.74, 6) is -0.387. The monoisotopic (exact) mass is 214 g/mol. The predicted octanol–water partition coefficient (Wildman–Crippen LogP) is 2.05. The average molecular weight is 215 g/mol. The highest BCUT2D eigenvalue weighted by Gasteiger charge is 2.30. The Labute approximate surface area is 86.8 Å². The van der Waals surface area contributed by atoms with E-state index in [2.05, 4.69) is 4.98 Å². The van der Waals surface area contributed by atoms with Crippen LogP contribution in [0.2, 0.25) is 5.15 Å². The summed E-state index contributed by atoms with van der Waals surface area (Å²) in [5, 5.41) is 0.232. The van der Waals surface area contributed by atoms with Gasteiger partial charge in [0.15, 0.2) is 10.8 Å². The van der Waals surface area contributed by atoms with Gasteiger partial charge < -0.3 is 9.30 Å². The van der Waals surface area contributed by atoms with E-state index in [0.717, 1.165) is 12.8 Å². The molecule has 0 bridgehead atoms. The molecule has 0 saturated heterocycles. The molecule has 76 valence electrons. The third-order valence-electron chi connectivity index (χ3n) is 2.16. The van der Waals surface area contributed by atoms with Gasteiger partial charge in [0.1, 0.15) is 0 Å². The zero-order valence-electron chi connectivity index (χ0n) is 7.86. The Morgan fingerprint density at radius 3 is 3.07 bits per heavy atom. The van der Waals surface area contributed by atoms with Gasteiger partial charge in [0, 0.05) is 6.04 Å². The van der Waals surface area contributed by atoms with Gasteiger partial charge >= 0.3 is 5.97 Å². The summed E-state index contributed by atoms with van der Waals surface area (Å²) in [6.45, 7) is 2.12. The number of carbonyl (C=O) groups excluding carboxylic acids is 1. The van der Waals surface area contributed by atoms with Crippen molar-refractivity contribution in [2.45, 2.75) is 25.8 Å². The van der Waals surface area contributed by atoms with Gasteiger partial charge in [-0.2, -0.15) is 0 Å². The minimum absolute atomic E-state index is 0.232. The molecule has 0 N–H and O–H groups in total. The number of rotatable bonds is 3. The molecular weight excluding hydrogens is 204 g/mol. The standard InChI is InChI=1S/C9H11ClN2O2/c1-2-14-9(13)7-8(10)11-5-12(7)6-3-4-6/h5-6H,2-4H2,1H3. The summed E-state index contributed by atoms with van der Waals surface area (Å²) in [5.41, 5.74) is 0.385. The predicted molar refractivity (Wildman–Crippen MR) is 51.5 cm³/mol. The molecule has 0 atom stereocenters. The molecule has 0 spiro atoms. The smallest absolute Gasteiger partial charge is 0.358 e. The van der Waals surface area contributed by atoms with Gasteiger partial charge in [-0.15, -0.1) is 0 Å². The number of carbonyl (C=O) groups is 1. The van der Waals surface area contributed by atoms with Crippen LogP contribution in [0.1, 0.15) is 36.3 Å². The molecule has 1 aliphatic rings. The van der Waals surface area contributed by atoms with E-state index < -0.39 is 0 Å². The second-order valence-electron chi connectivity index (χ2n) is 3.24. The minimum Gasteiger partial charge on any atom is -0.461 e. The summed E-state index contributed by atoms with van der Waals surface area (Å²) in [6.07, 6.45) is 3.77. The average Bonchev–Trinajstić information content (AvgIpc) is 2.90. The van der Waals surface area contributed by atoms with Crippen LogP contribution >= 0.6 is 11.6 Å². The number of halogens is 1. The van der Waals surface area contributed by atoms with Crippen LogP contribution in [0.15, 0.2) is 6.33 Å². The number of ether oxygens (including phenoxy) is 1. The van der Waals surface area contributed by atoms with Crippen molar-refractivity contribution >= 4 is 17.6 Å². The zero-order valence-corrected chi connectivity index (χ0v) is 8.62. The van der Waals surface area contributed by atoms with Gasteiger partial charge in [0.2, 0.25) is 0 Å². The first-order valence-electron chi connectivity index (χ1n) is 4.63. The van der Waals surface area contributed by atoms with Gasteiger partial charge in [0.05, 0.1) is 12.9 Å². The molecule has 0 amide bonds. The Hall–Kier alpha value is -1.03. The van der Waals surface area contributed by atoms with Crippen molar-refractivity contribution in [3.63, 3.8) is 0 Å². The number of nitrogens with zero attached hydrogens (tertiary/aromatic N) is 2. The third-order valence-corrected chi connectivity index (χ3v) is 2.43. The number of hydrogen-bond acceptors (Lipinski definition) is 3. The van der Waals surface area contributed by atoms with Crippen molar-refractivity contribution in [2.75, 3.05) is 6.61 Å². The first kappa shape index (κ1) is 9.52. The molecule has 1 aliphatic carbocycles. The summed E-state index contributed by atoms with van der Waals surface area (Å²) in [4.78, 5) is 15.4. The van der Waals surface area contributed by atoms with E-state index in [1.165, 1.54) is 0 Å². The van der Waals surface area contributed by atoms with Crippen LogP contribution in [-0.4, -0.2) is 22.1 Å². The van der Waals surface area contributed by atoms with Crippen LogP contribution in [0.4, 0.5) is 0 Å². The van der Waals surface area contributed by atoms with Gasteiger partial charge in [-0.25, -0.2) is 9.78 Å². The first-order chi connectivity index (χ1) is 6.74. The first-order valence-corrected chi connectivity index (χ1v) is 5.01. The van der Waals surface area contributed by atoms with Crippen LogP contribution in [0.5, 0.6) is 0 Å². The molecule has 0 aliphatic heterocycles. The number of hydrogen-bond donors (Lipinski definition) is 0. The molecule has 1 aromatic rings. The van der Waals surface area contributed by atoms with Crippen molar-refractivity contribution in [1.29, 1.82) is 0 Å². The molecule has 1 aromatic heterocycles. The van der Waals surface area contributed by atoms with Crippen LogP contribution in [0, 0.1) is 0 Å². The molecule has 0 unspecified atom stereocenters. The molecule has 14 heavy (non-hydrogen) atoms. The lowest BCUT2D eigenvalue weighted by Gasteiger charge is -2.05. The largest absolute Gasteiger partial charge is 0.461 e. The Morgan fingerprint density at radius 1 is 1.79 bits per heavy atom. The Bertz CT molecular complexity index is 358. The molecule has 4 nitrogen and oxygen atoms in total. The van der Waals surface area contributed by atoms with Gasteiger partial charge in [-0.3, -0.25) is 0 Å². The molecular formula is C9H11ClN2O2. The number of aromatic nitrogens is 2. The summed E-state index contributed by atoms with van der Waals surface area (Å²) >= 11 is 5.81. The fourth-order valence-corrected chi connectivity index (χ4v) is 1.58. The second kappa shape index (κ2) is 3.61. The molecule has 1 fully saturated rings. The molecule has 1 saturated carbocycles. The highest BCUT2D eigenvalue weighted by Crippen LogP contribution is 2.37. The Kier molecular flexibility index (Phi) is 2.46. The molecule has 1 heterocycles. The lowest BCUT2D eigenvalue weighted by atomic mass is 10.4. The number of esters is 1. The van der Waals surface area contributed by atoms with E-state index in [-0.39, 0.29) is 11.1 Å². The van der Waals surface area contributed by atoms with Gasteiger partial charge in [-0.05, 0) is 19.8 Å². The third kappa shape index (κ3) is 1.62. The highest BCUT2D eigenvalue weighted by atomic mass is 35.5. The SMILES string of the molecule is CCOC(=O)c1c(Cl)ncn1C1CC1. The van der Waals surface area contributed by atoms with E-state index in [9.17, 15) is 4.79 Å². The van der Waals surface area contributed by atoms with Crippen molar-refractivity contribution in [2.24, 2.45) is 0 Å². The van der Waals surface area contributed by atoms with Crippen LogP contribution in [0.25, 0.3) is 0 Å².